The highest BCUT2D eigenvalue weighted by Crippen LogP contribution is 2.25. The first kappa shape index (κ1) is 10.7. The molecule has 0 amide bonds. The Balaban J connectivity index is 2.05. The van der Waals surface area contributed by atoms with Crippen LogP contribution in [0.1, 0.15) is 32.1 Å². The van der Waals surface area contributed by atoms with Crippen molar-refractivity contribution in [3.63, 3.8) is 0 Å². The van der Waals surface area contributed by atoms with Crippen molar-refractivity contribution in [3.8, 4) is 0 Å². The molecule has 1 aromatic rings. The summed E-state index contributed by atoms with van der Waals surface area (Å²) >= 11 is 5.77. The normalized spacial score (nSPS) is 17.7. The lowest BCUT2D eigenvalue weighted by Gasteiger charge is -2.32. The van der Waals surface area contributed by atoms with Crippen LogP contribution < -0.4 is 4.90 Å². The zero-order valence-corrected chi connectivity index (χ0v) is 9.87. The van der Waals surface area contributed by atoms with Crippen LogP contribution in [0.3, 0.4) is 0 Å². The Morgan fingerprint density at radius 1 is 1.27 bits per heavy atom. The Kier molecular flexibility index (Phi) is 3.47. The van der Waals surface area contributed by atoms with Crippen molar-refractivity contribution in [1.29, 1.82) is 0 Å². The van der Waals surface area contributed by atoms with Gasteiger partial charge in [0.15, 0.2) is 0 Å². The molecule has 0 spiro atoms. The minimum Gasteiger partial charge on any atom is -0.370 e. The standard InChI is InChI=1S/C12H17ClN2/c1-15(10-5-3-2-4-6-10)11-7-8-12(13)14-9-11/h7-10H,2-6H2,1H3. The van der Waals surface area contributed by atoms with Gasteiger partial charge in [-0.1, -0.05) is 30.9 Å². The van der Waals surface area contributed by atoms with Gasteiger partial charge in [-0.15, -0.1) is 0 Å². The van der Waals surface area contributed by atoms with Crippen molar-refractivity contribution in [1.82, 2.24) is 4.98 Å². The highest BCUT2D eigenvalue weighted by atomic mass is 35.5. The molecule has 0 aromatic carbocycles. The Bertz CT molecular complexity index is 304. The highest BCUT2D eigenvalue weighted by Gasteiger charge is 2.18. The molecule has 0 atom stereocenters. The second-order valence-electron chi connectivity index (χ2n) is 4.24. The minimum atomic E-state index is 0.566. The fourth-order valence-electron chi connectivity index (χ4n) is 2.26. The molecule has 0 saturated heterocycles. The number of aromatic nitrogens is 1. The van der Waals surface area contributed by atoms with Gasteiger partial charge in [-0.2, -0.15) is 0 Å². The van der Waals surface area contributed by atoms with E-state index < -0.39 is 0 Å². The number of halogens is 1. The summed E-state index contributed by atoms with van der Waals surface area (Å²) in [5.74, 6) is 0. The molecule has 1 aliphatic rings. The van der Waals surface area contributed by atoms with Crippen LogP contribution in [0.4, 0.5) is 5.69 Å². The molecule has 1 saturated carbocycles. The molecule has 0 bridgehead atoms. The third-order valence-corrected chi connectivity index (χ3v) is 3.47. The molecule has 1 fully saturated rings. The van der Waals surface area contributed by atoms with Crippen molar-refractivity contribution in [3.05, 3.63) is 23.5 Å². The molecule has 0 N–H and O–H groups in total. The summed E-state index contributed by atoms with van der Waals surface area (Å²) in [4.78, 5) is 6.45. The zero-order valence-electron chi connectivity index (χ0n) is 9.12. The molecule has 3 heteroatoms. The predicted octanol–water partition coefficient (Wildman–Crippen LogP) is 3.50. The van der Waals surface area contributed by atoms with E-state index in [1.807, 2.05) is 18.3 Å². The van der Waals surface area contributed by atoms with Crippen LogP contribution >= 0.6 is 11.6 Å². The number of rotatable bonds is 2. The third kappa shape index (κ3) is 2.63. The molecular weight excluding hydrogens is 208 g/mol. The molecule has 0 radical (unpaired) electrons. The van der Waals surface area contributed by atoms with Crippen LogP contribution in [-0.4, -0.2) is 18.1 Å². The summed E-state index contributed by atoms with van der Waals surface area (Å²) in [6.07, 6.45) is 8.57. The van der Waals surface area contributed by atoms with E-state index in [0.29, 0.717) is 11.2 Å². The Morgan fingerprint density at radius 2 is 2.00 bits per heavy atom. The topological polar surface area (TPSA) is 16.1 Å². The van der Waals surface area contributed by atoms with Gasteiger partial charge in [-0.3, -0.25) is 0 Å². The molecule has 0 aliphatic heterocycles. The summed E-state index contributed by atoms with van der Waals surface area (Å²) in [7, 11) is 2.15. The second-order valence-corrected chi connectivity index (χ2v) is 4.63. The van der Waals surface area contributed by atoms with Crippen LogP contribution in [0.15, 0.2) is 18.3 Å². The molecular formula is C12H17ClN2. The van der Waals surface area contributed by atoms with Gasteiger partial charge in [0.1, 0.15) is 5.15 Å². The molecule has 15 heavy (non-hydrogen) atoms. The van der Waals surface area contributed by atoms with Crippen LogP contribution in [-0.2, 0) is 0 Å². The number of anilines is 1. The van der Waals surface area contributed by atoms with E-state index in [4.69, 9.17) is 11.6 Å². The molecule has 82 valence electrons. The number of hydrogen-bond acceptors (Lipinski definition) is 2. The molecule has 1 heterocycles. The average molecular weight is 225 g/mol. The summed E-state index contributed by atoms with van der Waals surface area (Å²) in [5.41, 5.74) is 1.17. The first-order valence-corrected chi connectivity index (χ1v) is 5.99. The van der Waals surface area contributed by atoms with Gasteiger partial charge in [-0.05, 0) is 25.0 Å². The Hall–Kier alpha value is -0.760. The summed E-state index contributed by atoms with van der Waals surface area (Å²) in [5, 5.41) is 0.566. The third-order valence-electron chi connectivity index (χ3n) is 3.24. The van der Waals surface area contributed by atoms with Crippen molar-refractivity contribution < 1.29 is 0 Å². The maximum absolute atomic E-state index is 5.77. The van der Waals surface area contributed by atoms with E-state index in [-0.39, 0.29) is 0 Å². The van der Waals surface area contributed by atoms with Crippen LogP contribution in [0, 0.1) is 0 Å². The van der Waals surface area contributed by atoms with E-state index in [2.05, 4.69) is 16.9 Å². The van der Waals surface area contributed by atoms with Crippen LogP contribution in [0.25, 0.3) is 0 Å². The maximum Gasteiger partial charge on any atom is 0.129 e. The van der Waals surface area contributed by atoms with E-state index in [1.165, 1.54) is 37.8 Å². The maximum atomic E-state index is 5.77. The first-order chi connectivity index (χ1) is 7.27. The summed E-state index contributed by atoms with van der Waals surface area (Å²) < 4.78 is 0. The smallest absolute Gasteiger partial charge is 0.129 e. The zero-order chi connectivity index (χ0) is 10.7. The van der Waals surface area contributed by atoms with E-state index >= 15 is 0 Å². The fourth-order valence-corrected chi connectivity index (χ4v) is 2.37. The van der Waals surface area contributed by atoms with Gasteiger partial charge in [0.25, 0.3) is 0 Å². The molecule has 0 unspecified atom stereocenters. The minimum absolute atomic E-state index is 0.566. The number of pyridine rings is 1. The molecule has 1 aromatic heterocycles. The van der Waals surface area contributed by atoms with E-state index in [1.54, 1.807) is 0 Å². The lowest BCUT2D eigenvalue weighted by molar-refractivity contribution is 0.427. The SMILES string of the molecule is CN(c1ccc(Cl)nc1)C1CCCCC1. The molecule has 1 aliphatic carbocycles. The van der Waals surface area contributed by atoms with E-state index in [9.17, 15) is 0 Å². The van der Waals surface area contributed by atoms with Crippen molar-refractivity contribution >= 4 is 17.3 Å². The van der Waals surface area contributed by atoms with Crippen molar-refractivity contribution in [2.45, 2.75) is 38.1 Å². The van der Waals surface area contributed by atoms with Crippen molar-refractivity contribution in [2.24, 2.45) is 0 Å². The Morgan fingerprint density at radius 3 is 2.60 bits per heavy atom. The average Bonchev–Trinajstić information content (AvgIpc) is 2.30. The van der Waals surface area contributed by atoms with E-state index in [0.717, 1.165) is 0 Å². The fraction of sp³-hybridized carbons (Fsp3) is 0.583. The largest absolute Gasteiger partial charge is 0.370 e. The predicted molar refractivity (Wildman–Crippen MR) is 64.5 cm³/mol. The lowest BCUT2D eigenvalue weighted by Crippen LogP contribution is -2.33. The van der Waals surface area contributed by atoms with Gasteiger partial charge in [-0.25, -0.2) is 4.98 Å². The van der Waals surface area contributed by atoms with Gasteiger partial charge in [0.05, 0.1) is 11.9 Å². The van der Waals surface area contributed by atoms with Crippen LogP contribution in [0.2, 0.25) is 5.15 Å². The van der Waals surface area contributed by atoms with Crippen LogP contribution in [0.5, 0.6) is 0 Å². The Labute approximate surface area is 96.3 Å². The van der Waals surface area contributed by atoms with Gasteiger partial charge in [0, 0.05) is 13.1 Å². The first-order valence-electron chi connectivity index (χ1n) is 5.62. The monoisotopic (exact) mass is 224 g/mol. The second kappa shape index (κ2) is 4.84. The summed E-state index contributed by atoms with van der Waals surface area (Å²) in [6, 6.07) is 4.59. The quantitative estimate of drug-likeness (QED) is 0.715. The summed E-state index contributed by atoms with van der Waals surface area (Å²) in [6.45, 7) is 0. The van der Waals surface area contributed by atoms with Gasteiger partial charge in [0.2, 0.25) is 0 Å². The van der Waals surface area contributed by atoms with Crippen molar-refractivity contribution in [2.75, 3.05) is 11.9 Å². The molecule has 2 nitrogen and oxygen atoms in total. The number of hydrogen-bond donors (Lipinski definition) is 0. The lowest BCUT2D eigenvalue weighted by atomic mass is 9.94. The number of nitrogens with zero attached hydrogens (tertiary/aromatic N) is 2. The molecule has 2 rings (SSSR count). The highest BCUT2D eigenvalue weighted by molar-refractivity contribution is 6.29. The van der Waals surface area contributed by atoms with Gasteiger partial charge < -0.3 is 4.90 Å². The van der Waals surface area contributed by atoms with Gasteiger partial charge >= 0.3 is 0 Å².